The Balaban J connectivity index is 1.91. The summed E-state index contributed by atoms with van der Waals surface area (Å²) in [6, 6.07) is 0. The lowest BCUT2D eigenvalue weighted by Gasteiger charge is -2.34. The molecule has 1 aromatic heterocycles. The lowest BCUT2D eigenvalue weighted by Crippen LogP contribution is -2.43. The normalized spacial score (nSPS) is 18.3. The van der Waals surface area contributed by atoms with E-state index in [1.807, 2.05) is 0 Å². The summed E-state index contributed by atoms with van der Waals surface area (Å²) in [7, 11) is 0. The van der Waals surface area contributed by atoms with Crippen LogP contribution in [0.3, 0.4) is 0 Å². The molecule has 0 aromatic carbocycles. The van der Waals surface area contributed by atoms with Crippen molar-refractivity contribution in [3.63, 3.8) is 0 Å². The second-order valence-corrected chi connectivity index (χ2v) is 5.04. The fraction of sp³-hybridized carbons (Fsp3) is 0.583. The summed E-state index contributed by atoms with van der Waals surface area (Å²) in [5.41, 5.74) is 0.0762. The van der Waals surface area contributed by atoms with Gasteiger partial charge in [0.1, 0.15) is 5.69 Å². The quantitative estimate of drug-likeness (QED) is 0.698. The lowest BCUT2D eigenvalue weighted by atomic mass is 9.81. The van der Waals surface area contributed by atoms with Crippen molar-refractivity contribution in [2.45, 2.75) is 19.8 Å². The molecule has 1 fully saturated rings. The zero-order valence-electron chi connectivity index (χ0n) is 10.5. The van der Waals surface area contributed by atoms with Crippen molar-refractivity contribution in [3.05, 3.63) is 28.4 Å². The highest BCUT2D eigenvalue weighted by molar-refractivity contribution is 5.91. The number of aromatic nitrogens is 2. The van der Waals surface area contributed by atoms with Crippen LogP contribution in [-0.4, -0.2) is 35.5 Å². The van der Waals surface area contributed by atoms with Gasteiger partial charge in [-0.1, -0.05) is 6.92 Å². The first-order valence-corrected chi connectivity index (χ1v) is 6.13. The minimum absolute atomic E-state index is 0.142. The largest absolute Gasteiger partial charge is 0.350 e. The van der Waals surface area contributed by atoms with Gasteiger partial charge in [0.15, 0.2) is 0 Å². The van der Waals surface area contributed by atoms with Crippen molar-refractivity contribution >= 4 is 5.91 Å². The summed E-state index contributed by atoms with van der Waals surface area (Å²) in [5, 5.41) is 6.18. The van der Waals surface area contributed by atoms with Crippen LogP contribution in [0.25, 0.3) is 0 Å². The second kappa shape index (κ2) is 5.30. The molecular weight excluding hydrogens is 232 g/mol. The predicted molar refractivity (Wildman–Crippen MR) is 67.4 cm³/mol. The van der Waals surface area contributed by atoms with Crippen molar-refractivity contribution in [1.82, 2.24) is 20.6 Å². The van der Waals surface area contributed by atoms with E-state index < -0.39 is 0 Å². The molecule has 3 N–H and O–H groups in total. The highest BCUT2D eigenvalue weighted by atomic mass is 16.2. The third-order valence-electron chi connectivity index (χ3n) is 3.39. The molecule has 0 radical (unpaired) electrons. The number of nitrogens with one attached hydrogen (secondary N) is 3. The van der Waals surface area contributed by atoms with E-state index in [1.165, 1.54) is 6.20 Å². The highest BCUT2D eigenvalue weighted by Gasteiger charge is 2.27. The monoisotopic (exact) mass is 250 g/mol. The number of carbonyl (C=O) groups excluding carboxylic acids is 1. The maximum atomic E-state index is 11.8. The number of aromatic amines is 1. The van der Waals surface area contributed by atoms with E-state index in [0.717, 1.165) is 32.1 Å². The zero-order valence-corrected chi connectivity index (χ0v) is 10.5. The molecule has 0 atom stereocenters. The fourth-order valence-electron chi connectivity index (χ4n) is 2.06. The number of amides is 1. The molecule has 1 saturated heterocycles. The van der Waals surface area contributed by atoms with Crippen LogP contribution >= 0.6 is 0 Å². The topological polar surface area (TPSA) is 86.9 Å². The maximum Gasteiger partial charge on any atom is 0.271 e. The molecule has 0 aliphatic carbocycles. The molecule has 1 aliphatic heterocycles. The first kappa shape index (κ1) is 12.8. The zero-order chi connectivity index (χ0) is 13.0. The summed E-state index contributed by atoms with van der Waals surface area (Å²) in [6.45, 7) is 4.79. The van der Waals surface area contributed by atoms with E-state index >= 15 is 0 Å². The molecule has 18 heavy (non-hydrogen) atoms. The van der Waals surface area contributed by atoms with Gasteiger partial charge < -0.3 is 15.6 Å². The Morgan fingerprint density at radius 1 is 1.50 bits per heavy atom. The number of carbonyl (C=O) groups is 1. The maximum absolute atomic E-state index is 11.8. The van der Waals surface area contributed by atoms with E-state index in [-0.39, 0.29) is 22.6 Å². The Morgan fingerprint density at radius 3 is 2.83 bits per heavy atom. The molecule has 2 rings (SSSR count). The minimum atomic E-state index is -0.308. The molecule has 1 aromatic rings. The van der Waals surface area contributed by atoms with Crippen LogP contribution in [0, 0.1) is 5.41 Å². The molecule has 1 amide bonds. The van der Waals surface area contributed by atoms with E-state index in [0.29, 0.717) is 6.54 Å². The van der Waals surface area contributed by atoms with Crippen LogP contribution in [-0.2, 0) is 0 Å². The molecule has 98 valence electrons. The molecule has 0 bridgehead atoms. The highest BCUT2D eigenvalue weighted by Crippen LogP contribution is 2.26. The van der Waals surface area contributed by atoms with Gasteiger partial charge in [-0.15, -0.1) is 0 Å². The minimum Gasteiger partial charge on any atom is -0.350 e. The molecule has 0 saturated carbocycles. The van der Waals surface area contributed by atoms with Crippen molar-refractivity contribution in [2.24, 2.45) is 5.41 Å². The first-order chi connectivity index (χ1) is 8.59. The average Bonchev–Trinajstić information content (AvgIpc) is 2.38. The van der Waals surface area contributed by atoms with Crippen molar-refractivity contribution in [2.75, 3.05) is 19.6 Å². The van der Waals surface area contributed by atoms with Crippen molar-refractivity contribution in [1.29, 1.82) is 0 Å². The molecule has 1 aliphatic rings. The lowest BCUT2D eigenvalue weighted by molar-refractivity contribution is 0.0917. The number of rotatable bonds is 3. The Labute approximate surface area is 105 Å². The number of piperidine rings is 1. The van der Waals surface area contributed by atoms with Gasteiger partial charge in [0, 0.05) is 12.7 Å². The fourth-order valence-corrected chi connectivity index (χ4v) is 2.06. The molecule has 6 nitrogen and oxygen atoms in total. The molecule has 0 spiro atoms. The van der Waals surface area contributed by atoms with Crippen LogP contribution < -0.4 is 16.2 Å². The number of hydrogen-bond donors (Lipinski definition) is 3. The van der Waals surface area contributed by atoms with E-state index in [1.54, 1.807) is 0 Å². The van der Waals surface area contributed by atoms with Gasteiger partial charge in [0.25, 0.3) is 11.5 Å². The summed E-state index contributed by atoms with van der Waals surface area (Å²) >= 11 is 0. The predicted octanol–water partition coefficient (Wildman–Crippen LogP) is -0.111. The summed E-state index contributed by atoms with van der Waals surface area (Å²) in [4.78, 5) is 28.9. The van der Waals surface area contributed by atoms with E-state index in [9.17, 15) is 9.59 Å². The van der Waals surface area contributed by atoms with Gasteiger partial charge >= 0.3 is 0 Å². The smallest absolute Gasteiger partial charge is 0.271 e. The van der Waals surface area contributed by atoms with E-state index in [4.69, 9.17) is 0 Å². The van der Waals surface area contributed by atoms with Crippen LogP contribution in [0.2, 0.25) is 0 Å². The third kappa shape index (κ3) is 3.16. The Bertz CT molecular complexity index is 457. The van der Waals surface area contributed by atoms with Crippen LogP contribution in [0.15, 0.2) is 17.2 Å². The Morgan fingerprint density at radius 2 is 2.22 bits per heavy atom. The Hall–Kier alpha value is -1.69. The van der Waals surface area contributed by atoms with E-state index in [2.05, 4.69) is 27.5 Å². The van der Waals surface area contributed by atoms with Gasteiger partial charge in [-0.2, -0.15) is 0 Å². The average molecular weight is 250 g/mol. The van der Waals surface area contributed by atoms with Gasteiger partial charge in [-0.05, 0) is 31.3 Å². The molecule has 2 heterocycles. The van der Waals surface area contributed by atoms with Crippen LogP contribution in [0.5, 0.6) is 0 Å². The summed E-state index contributed by atoms with van der Waals surface area (Å²) in [6.07, 6.45) is 4.54. The SMILES string of the molecule is CC1(CNC(=O)c2c[nH]c(=O)cn2)CCNCC1. The summed E-state index contributed by atoms with van der Waals surface area (Å²) < 4.78 is 0. The Kier molecular flexibility index (Phi) is 3.76. The standard InChI is InChI=1S/C12H18N4O2/c1-12(2-4-13-5-3-12)8-16-11(18)9-6-15-10(17)7-14-9/h6-7,13H,2-5,8H2,1H3,(H,15,17)(H,16,18). The van der Waals surface area contributed by atoms with Gasteiger partial charge in [-0.25, -0.2) is 4.98 Å². The number of hydrogen-bond acceptors (Lipinski definition) is 4. The van der Waals surface area contributed by atoms with Crippen molar-refractivity contribution in [3.8, 4) is 0 Å². The number of H-pyrrole nitrogens is 1. The van der Waals surface area contributed by atoms with Gasteiger partial charge in [-0.3, -0.25) is 9.59 Å². The summed E-state index contributed by atoms with van der Waals surface area (Å²) in [5.74, 6) is -0.244. The second-order valence-electron chi connectivity index (χ2n) is 5.04. The molecule has 0 unspecified atom stereocenters. The first-order valence-electron chi connectivity index (χ1n) is 6.13. The molecular formula is C12H18N4O2. The number of nitrogens with zero attached hydrogens (tertiary/aromatic N) is 1. The van der Waals surface area contributed by atoms with Crippen LogP contribution in [0.4, 0.5) is 0 Å². The van der Waals surface area contributed by atoms with Gasteiger partial charge in [0.2, 0.25) is 0 Å². The molecule has 6 heteroatoms. The van der Waals surface area contributed by atoms with Crippen LogP contribution in [0.1, 0.15) is 30.3 Å². The van der Waals surface area contributed by atoms with Crippen molar-refractivity contribution < 1.29 is 4.79 Å². The van der Waals surface area contributed by atoms with Gasteiger partial charge in [0.05, 0.1) is 6.20 Å². The third-order valence-corrected chi connectivity index (χ3v) is 3.39.